The predicted molar refractivity (Wildman–Crippen MR) is 85.5 cm³/mol. The van der Waals surface area contributed by atoms with Gasteiger partial charge in [0.25, 0.3) is 0 Å². The average molecular weight is 292 g/mol. The topological polar surface area (TPSA) is 50.2 Å². The van der Waals surface area contributed by atoms with E-state index in [4.69, 9.17) is 0 Å². The summed E-state index contributed by atoms with van der Waals surface area (Å²) in [4.78, 5) is 14.1. The second-order valence-corrected chi connectivity index (χ2v) is 5.92. The van der Waals surface area contributed by atoms with Crippen LogP contribution in [-0.2, 0) is 4.79 Å². The highest BCUT2D eigenvalue weighted by Crippen LogP contribution is 2.29. The molecule has 21 heavy (non-hydrogen) atoms. The SMILES string of the molecule is CCN(CC)CC(=O)Nc1cc(C)n(C2CCCCC2)n1. The fourth-order valence-electron chi connectivity index (χ4n) is 3.08. The molecule has 1 aromatic heterocycles. The zero-order valence-corrected chi connectivity index (χ0v) is 13.6. The Balaban J connectivity index is 1.96. The van der Waals surface area contributed by atoms with Crippen LogP contribution in [0.15, 0.2) is 6.07 Å². The van der Waals surface area contributed by atoms with Gasteiger partial charge in [0, 0.05) is 11.8 Å². The molecular formula is C16H28N4O. The van der Waals surface area contributed by atoms with Crippen LogP contribution in [0, 0.1) is 6.92 Å². The van der Waals surface area contributed by atoms with Gasteiger partial charge in [-0.05, 0) is 32.9 Å². The van der Waals surface area contributed by atoms with Crippen molar-refractivity contribution in [2.75, 3.05) is 25.0 Å². The summed E-state index contributed by atoms with van der Waals surface area (Å²) in [6.07, 6.45) is 6.32. The molecule has 0 unspecified atom stereocenters. The van der Waals surface area contributed by atoms with Crippen LogP contribution >= 0.6 is 0 Å². The molecule has 0 aromatic carbocycles. The van der Waals surface area contributed by atoms with Gasteiger partial charge in [-0.2, -0.15) is 5.10 Å². The number of hydrogen-bond acceptors (Lipinski definition) is 3. The molecule has 1 aliphatic carbocycles. The van der Waals surface area contributed by atoms with Crippen LogP contribution in [0.25, 0.3) is 0 Å². The van der Waals surface area contributed by atoms with Crippen molar-refractivity contribution in [2.24, 2.45) is 0 Å². The van der Waals surface area contributed by atoms with Gasteiger partial charge in [0.15, 0.2) is 5.82 Å². The third-order valence-corrected chi connectivity index (χ3v) is 4.37. The fraction of sp³-hybridized carbons (Fsp3) is 0.750. The molecular weight excluding hydrogens is 264 g/mol. The zero-order valence-electron chi connectivity index (χ0n) is 13.6. The van der Waals surface area contributed by atoms with Gasteiger partial charge in [-0.25, -0.2) is 0 Å². The summed E-state index contributed by atoms with van der Waals surface area (Å²) in [6.45, 7) is 8.42. The summed E-state index contributed by atoms with van der Waals surface area (Å²) in [5.41, 5.74) is 1.14. The molecule has 0 atom stereocenters. The number of aryl methyl sites for hydroxylation is 1. The Hall–Kier alpha value is -1.36. The second-order valence-electron chi connectivity index (χ2n) is 5.92. The Bertz CT molecular complexity index is 459. The molecule has 2 rings (SSSR count). The number of aromatic nitrogens is 2. The van der Waals surface area contributed by atoms with E-state index in [1.165, 1.54) is 32.1 Å². The molecule has 0 spiro atoms. The molecule has 1 heterocycles. The molecule has 0 saturated heterocycles. The monoisotopic (exact) mass is 292 g/mol. The highest BCUT2D eigenvalue weighted by atomic mass is 16.2. The molecule has 1 saturated carbocycles. The van der Waals surface area contributed by atoms with Crippen molar-refractivity contribution in [1.82, 2.24) is 14.7 Å². The van der Waals surface area contributed by atoms with Crippen LogP contribution in [0.4, 0.5) is 5.82 Å². The van der Waals surface area contributed by atoms with E-state index in [0.717, 1.165) is 18.8 Å². The van der Waals surface area contributed by atoms with E-state index < -0.39 is 0 Å². The number of hydrogen-bond donors (Lipinski definition) is 1. The van der Waals surface area contributed by atoms with Gasteiger partial charge >= 0.3 is 0 Å². The van der Waals surface area contributed by atoms with Crippen molar-refractivity contribution in [3.05, 3.63) is 11.8 Å². The standard InChI is InChI=1S/C16H28N4O/c1-4-19(5-2)12-16(21)17-15-11-13(3)20(18-15)14-9-7-6-8-10-14/h11,14H,4-10,12H2,1-3H3,(H,17,18,21). The van der Waals surface area contributed by atoms with Crippen LogP contribution in [0.2, 0.25) is 0 Å². The molecule has 1 aromatic rings. The number of amides is 1. The second kappa shape index (κ2) is 7.59. The minimum atomic E-state index is 0.0204. The van der Waals surface area contributed by atoms with E-state index in [1.807, 2.05) is 6.07 Å². The van der Waals surface area contributed by atoms with Gasteiger partial charge in [-0.15, -0.1) is 0 Å². The third-order valence-electron chi connectivity index (χ3n) is 4.37. The lowest BCUT2D eigenvalue weighted by Gasteiger charge is -2.23. The summed E-state index contributed by atoms with van der Waals surface area (Å²) in [6, 6.07) is 2.49. The van der Waals surface area contributed by atoms with Crippen molar-refractivity contribution in [1.29, 1.82) is 0 Å². The lowest BCUT2D eigenvalue weighted by molar-refractivity contribution is -0.117. The minimum absolute atomic E-state index is 0.0204. The molecule has 1 amide bonds. The molecule has 1 fully saturated rings. The normalized spacial score (nSPS) is 16.4. The zero-order chi connectivity index (χ0) is 15.2. The lowest BCUT2D eigenvalue weighted by Crippen LogP contribution is -2.33. The van der Waals surface area contributed by atoms with Crippen LogP contribution in [-0.4, -0.2) is 40.2 Å². The van der Waals surface area contributed by atoms with Crippen molar-refractivity contribution >= 4 is 11.7 Å². The van der Waals surface area contributed by atoms with E-state index in [1.54, 1.807) is 0 Å². The summed E-state index contributed by atoms with van der Waals surface area (Å²) >= 11 is 0. The largest absolute Gasteiger partial charge is 0.308 e. The Kier molecular flexibility index (Phi) is 5.79. The maximum atomic E-state index is 12.0. The number of anilines is 1. The average Bonchev–Trinajstić information content (AvgIpc) is 2.86. The predicted octanol–water partition coefficient (Wildman–Crippen LogP) is 2.98. The van der Waals surface area contributed by atoms with Crippen molar-refractivity contribution in [3.8, 4) is 0 Å². The van der Waals surface area contributed by atoms with E-state index in [0.29, 0.717) is 18.4 Å². The van der Waals surface area contributed by atoms with Gasteiger partial charge < -0.3 is 5.32 Å². The Morgan fingerprint density at radius 1 is 1.33 bits per heavy atom. The number of carbonyl (C=O) groups excluding carboxylic acids is 1. The van der Waals surface area contributed by atoms with Crippen LogP contribution < -0.4 is 5.32 Å². The number of nitrogens with one attached hydrogen (secondary N) is 1. The van der Waals surface area contributed by atoms with E-state index in [2.05, 4.69) is 40.8 Å². The first-order chi connectivity index (χ1) is 10.1. The van der Waals surface area contributed by atoms with Crippen molar-refractivity contribution in [2.45, 2.75) is 58.9 Å². The van der Waals surface area contributed by atoms with E-state index >= 15 is 0 Å². The van der Waals surface area contributed by atoms with Gasteiger partial charge in [-0.3, -0.25) is 14.4 Å². The molecule has 118 valence electrons. The molecule has 5 heteroatoms. The molecule has 1 N–H and O–H groups in total. The van der Waals surface area contributed by atoms with Crippen LogP contribution in [0.3, 0.4) is 0 Å². The molecule has 5 nitrogen and oxygen atoms in total. The van der Waals surface area contributed by atoms with E-state index in [-0.39, 0.29) is 5.91 Å². The first-order valence-electron chi connectivity index (χ1n) is 8.22. The maximum Gasteiger partial charge on any atom is 0.239 e. The molecule has 0 aliphatic heterocycles. The molecule has 1 aliphatic rings. The highest BCUT2D eigenvalue weighted by Gasteiger charge is 2.19. The first kappa shape index (κ1) is 16.0. The quantitative estimate of drug-likeness (QED) is 0.877. The number of likely N-dealkylation sites (N-methyl/N-ethyl adjacent to an activating group) is 1. The fourth-order valence-corrected chi connectivity index (χ4v) is 3.08. The van der Waals surface area contributed by atoms with Gasteiger partial charge in [0.1, 0.15) is 0 Å². The Morgan fingerprint density at radius 2 is 2.00 bits per heavy atom. The Morgan fingerprint density at radius 3 is 2.62 bits per heavy atom. The number of rotatable bonds is 6. The van der Waals surface area contributed by atoms with Gasteiger partial charge in [0.2, 0.25) is 5.91 Å². The smallest absolute Gasteiger partial charge is 0.239 e. The van der Waals surface area contributed by atoms with Gasteiger partial charge in [0.05, 0.1) is 12.6 Å². The van der Waals surface area contributed by atoms with Crippen LogP contribution in [0.5, 0.6) is 0 Å². The number of nitrogens with zero attached hydrogens (tertiary/aromatic N) is 3. The molecule has 0 radical (unpaired) electrons. The third kappa shape index (κ3) is 4.30. The maximum absolute atomic E-state index is 12.0. The lowest BCUT2D eigenvalue weighted by atomic mass is 9.95. The van der Waals surface area contributed by atoms with Crippen molar-refractivity contribution < 1.29 is 4.79 Å². The molecule has 0 bridgehead atoms. The first-order valence-corrected chi connectivity index (χ1v) is 8.22. The van der Waals surface area contributed by atoms with Crippen molar-refractivity contribution in [3.63, 3.8) is 0 Å². The summed E-state index contributed by atoms with van der Waals surface area (Å²) in [5.74, 6) is 0.710. The summed E-state index contributed by atoms with van der Waals surface area (Å²) in [5, 5.41) is 7.53. The van der Waals surface area contributed by atoms with E-state index in [9.17, 15) is 4.79 Å². The van der Waals surface area contributed by atoms with Gasteiger partial charge in [-0.1, -0.05) is 33.1 Å². The minimum Gasteiger partial charge on any atom is -0.308 e. The number of carbonyl (C=O) groups is 1. The summed E-state index contributed by atoms with van der Waals surface area (Å²) in [7, 11) is 0. The summed E-state index contributed by atoms with van der Waals surface area (Å²) < 4.78 is 2.10. The Labute approximate surface area is 127 Å². The van der Waals surface area contributed by atoms with Crippen LogP contribution in [0.1, 0.15) is 57.7 Å². The highest BCUT2D eigenvalue weighted by molar-refractivity contribution is 5.91.